The maximum absolute atomic E-state index is 4.40. The molecule has 3 heteroatoms. The second-order valence-corrected chi connectivity index (χ2v) is 5.76. The summed E-state index contributed by atoms with van der Waals surface area (Å²) in [5, 5.41) is 3.48. The van der Waals surface area contributed by atoms with Crippen molar-refractivity contribution in [1.82, 2.24) is 15.2 Å². The molecule has 2 aromatic rings. The van der Waals surface area contributed by atoms with Crippen molar-refractivity contribution in [2.45, 2.75) is 32.9 Å². The van der Waals surface area contributed by atoms with Crippen LogP contribution in [0.3, 0.4) is 0 Å². The molecule has 0 aliphatic heterocycles. The Bertz CT molecular complexity index is 539. The van der Waals surface area contributed by atoms with Crippen LogP contribution < -0.4 is 5.32 Å². The average Bonchev–Trinajstić information content (AvgIpc) is 2.55. The van der Waals surface area contributed by atoms with Crippen molar-refractivity contribution >= 4 is 0 Å². The Morgan fingerprint density at radius 2 is 1.91 bits per heavy atom. The highest BCUT2D eigenvalue weighted by Crippen LogP contribution is 2.03. The lowest BCUT2D eigenvalue weighted by molar-refractivity contribution is 0.319. The molecule has 0 unspecified atom stereocenters. The van der Waals surface area contributed by atoms with Gasteiger partial charge in [0.05, 0.1) is 5.69 Å². The average molecular weight is 297 g/mol. The smallest absolute Gasteiger partial charge is 0.0544 e. The third kappa shape index (κ3) is 5.96. The molecular weight excluding hydrogens is 270 g/mol. The van der Waals surface area contributed by atoms with Crippen molar-refractivity contribution in [1.29, 1.82) is 0 Å². The predicted molar refractivity (Wildman–Crippen MR) is 92.7 cm³/mol. The Kier molecular flexibility index (Phi) is 7.07. The first kappa shape index (κ1) is 16.7. The van der Waals surface area contributed by atoms with E-state index in [1.807, 2.05) is 6.20 Å². The van der Waals surface area contributed by atoms with Gasteiger partial charge >= 0.3 is 0 Å². The van der Waals surface area contributed by atoms with E-state index in [0.29, 0.717) is 0 Å². The summed E-state index contributed by atoms with van der Waals surface area (Å²) in [6.07, 6.45) is 4.13. The zero-order chi connectivity index (χ0) is 15.6. The third-order valence-corrected chi connectivity index (χ3v) is 3.78. The van der Waals surface area contributed by atoms with Crippen LogP contribution in [0.2, 0.25) is 0 Å². The van der Waals surface area contributed by atoms with Gasteiger partial charge in [0.15, 0.2) is 0 Å². The fourth-order valence-electron chi connectivity index (χ4n) is 2.51. The van der Waals surface area contributed by atoms with E-state index in [2.05, 4.69) is 71.6 Å². The molecule has 118 valence electrons. The molecule has 1 heterocycles. The van der Waals surface area contributed by atoms with Gasteiger partial charge in [-0.15, -0.1) is 0 Å². The first-order chi connectivity index (χ1) is 10.8. The molecule has 0 amide bonds. The van der Waals surface area contributed by atoms with Gasteiger partial charge in [-0.3, -0.25) is 4.98 Å². The molecule has 0 aliphatic rings. The summed E-state index contributed by atoms with van der Waals surface area (Å²) in [7, 11) is 2.18. The fourth-order valence-corrected chi connectivity index (χ4v) is 2.51. The van der Waals surface area contributed by atoms with Gasteiger partial charge in [-0.2, -0.15) is 0 Å². The molecule has 1 aromatic carbocycles. The lowest BCUT2D eigenvalue weighted by Gasteiger charge is -2.16. The minimum atomic E-state index is 0.857. The molecule has 22 heavy (non-hydrogen) atoms. The van der Waals surface area contributed by atoms with E-state index in [-0.39, 0.29) is 0 Å². The SMILES string of the molecule is CCc1ccnc(CNCCCN(C)Cc2ccccc2)c1. The molecule has 3 nitrogen and oxygen atoms in total. The second-order valence-electron chi connectivity index (χ2n) is 5.76. The van der Waals surface area contributed by atoms with Gasteiger partial charge in [-0.25, -0.2) is 0 Å². The van der Waals surface area contributed by atoms with Crippen LogP contribution in [0.25, 0.3) is 0 Å². The molecule has 0 radical (unpaired) electrons. The number of nitrogens with zero attached hydrogens (tertiary/aromatic N) is 2. The minimum Gasteiger partial charge on any atom is -0.311 e. The van der Waals surface area contributed by atoms with Crippen LogP contribution in [0.5, 0.6) is 0 Å². The second kappa shape index (κ2) is 9.34. The quantitative estimate of drug-likeness (QED) is 0.720. The van der Waals surface area contributed by atoms with Gasteiger partial charge in [0.2, 0.25) is 0 Å². The zero-order valence-electron chi connectivity index (χ0n) is 13.8. The van der Waals surface area contributed by atoms with Gasteiger partial charge in [0.1, 0.15) is 0 Å². The zero-order valence-corrected chi connectivity index (χ0v) is 13.8. The van der Waals surface area contributed by atoms with Gasteiger partial charge in [0, 0.05) is 19.3 Å². The van der Waals surface area contributed by atoms with Gasteiger partial charge < -0.3 is 10.2 Å². The molecule has 1 aromatic heterocycles. The number of nitrogens with one attached hydrogen (secondary N) is 1. The lowest BCUT2D eigenvalue weighted by Crippen LogP contribution is -2.24. The largest absolute Gasteiger partial charge is 0.311 e. The van der Waals surface area contributed by atoms with Crippen LogP contribution in [0.4, 0.5) is 0 Å². The summed E-state index contributed by atoms with van der Waals surface area (Å²) >= 11 is 0. The molecule has 2 rings (SSSR count). The summed E-state index contributed by atoms with van der Waals surface area (Å²) < 4.78 is 0. The minimum absolute atomic E-state index is 0.857. The molecular formula is C19H27N3. The lowest BCUT2D eigenvalue weighted by atomic mass is 10.2. The van der Waals surface area contributed by atoms with Crippen molar-refractivity contribution in [3.05, 3.63) is 65.5 Å². The molecule has 0 aliphatic carbocycles. The van der Waals surface area contributed by atoms with E-state index in [0.717, 1.165) is 44.7 Å². The Hall–Kier alpha value is -1.71. The van der Waals surface area contributed by atoms with Gasteiger partial charge in [0.25, 0.3) is 0 Å². The number of hydrogen-bond donors (Lipinski definition) is 1. The van der Waals surface area contributed by atoms with E-state index in [4.69, 9.17) is 0 Å². The molecule has 0 saturated heterocycles. The Balaban J connectivity index is 1.60. The highest BCUT2D eigenvalue weighted by atomic mass is 15.1. The van der Waals surface area contributed by atoms with Crippen LogP contribution in [0.15, 0.2) is 48.7 Å². The number of pyridine rings is 1. The van der Waals surface area contributed by atoms with E-state index in [9.17, 15) is 0 Å². The maximum Gasteiger partial charge on any atom is 0.0544 e. The standard InChI is InChI=1S/C19H27N3/c1-3-17-10-12-21-19(14-17)15-20-11-7-13-22(2)16-18-8-5-4-6-9-18/h4-6,8-10,12,14,20H,3,7,11,13,15-16H2,1-2H3. The third-order valence-electron chi connectivity index (χ3n) is 3.78. The van der Waals surface area contributed by atoms with Crippen LogP contribution in [-0.2, 0) is 19.5 Å². The first-order valence-corrected chi connectivity index (χ1v) is 8.15. The van der Waals surface area contributed by atoms with E-state index in [1.54, 1.807) is 0 Å². The fraction of sp³-hybridized carbons (Fsp3) is 0.421. The van der Waals surface area contributed by atoms with Crippen molar-refractivity contribution in [3.63, 3.8) is 0 Å². The summed E-state index contributed by atoms with van der Waals surface area (Å²) in [5.41, 5.74) is 3.87. The van der Waals surface area contributed by atoms with E-state index in [1.165, 1.54) is 11.1 Å². The molecule has 0 saturated carbocycles. The van der Waals surface area contributed by atoms with Crippen molar-refractivity contribution in [2.75, 3.05) is 20.1 Å². The number of benzene rings is 1. The number of rotatable bonds is 9. The van der Waals surface area contributed by atoms with Crippen LogP contribution >= 0.6 is 0 Å². The Morgan fingerprint density at radius 3 is 2.68 bits per heavy atom. The normalized spacial score (nSPS) is 11.0. The Labute approximate surface area is 134 Å². The molecule has 0 spiro atoms. The summed E-state index contributed by atoms with van der Waals surface area (Å²) in [4.78, 5) is 6.77. The molecule has 0 bridgehead atoms. The van der Waals surface area contributed by atoms with Gasteiger partial charge in [-0.05, 0) is 56.2 Å². The van der Waals surface area contributed by atoms with Crippen molar-refractivity contribution in [3.8, 4) is 0 Å². The Morgan fingerprint density at radius 1 is 1.09 bits per heavy atom. The van der Waals surface area contributed by atoms with E-state index < -0.39 is 0 Å². The topological polar surface area (TPSA) is 28.2 Å². The molecule has 0 atom stereocenters. The van der Waals surface area contributed by atoms with Crippen LogP contribution in [-0.4, -0.2) is 30.0 Å². The number of hydrogen-bond acceptors (Lipinski definition) is 3. The maximum atomic E-state index is 4.40. The highest BCUT2D eigenvalue weighted by molar-refractivity contribution is 5.16. The summed E-state index contributed by atoms with van der Waals surface area (Å²) in [6, 6.07) is 14.9. The molecule has 0 fully saturated rings. The number of aromatic nitrogens is 1. The number of aryl methyl sites for hydroxylation is 1. The highest BCUT2D eigenvalue weighted by Gasteiger charge is 2.00. The predicted octanol–water partition coefficient (Wildman–Crippen LogP) is 3.26. The summed E-state index contributed by atoms with van der Waals surface area (Å²) in [5.74, 6) is 0. The van der Waals surface area contributed by atoms with Crippen molar-refractivity contribution < 1.29 is 0 Å². The van der Waals surface area contributed by atoms with Gasteiger partial charge in [-0.1, -0.05) is 37.3 Å². The monoisotopic (exact) mass is 297 g/mol. The summed E-state index contributed by atoms with van der Waals surface area (Å²) in [6.45, 7) is 6.17. The van der Waals surface area contributed by atoms with E-state index >= 15 is 0 Å². The van der Waals surface area contributed by atoms with Crippen LogP contribution in [0, 0.1) is 0 Å². The first-order valence-electron chi connectivity index (χ1n) is 8.15. The van der Waals surface area contributed by atoms with Crippen molar-refractivity contribution in [2.24, 2.45) is 0 Å². The molecule has 1 N–H and O–H groups in total. The van der Waals surface area contributed by atoms with Crippen LogP contribution in [0.1, 0.15) is 30.2 Å².